The van der Waals surface area contributed by atoms with Gasteiger partial charge < -0.3 is 14.8 Å². The average Bonchev–Trinajstić information content (AvgIpc) is 2.51. The Kier molecular flexibility index (Phi) is 8.37. The molecule has 0 atom stereocenters. The van der Waals surface area contributed by atoms with E-state index in [1.54, 1.807) is 13.2 Å². The smallest absolute Gasteiger partial charge is 0.244 e. The predicted molar refractivity (Wildman–Crippen MR) is 99.6 cm³/mol. The van der Waals surface area contributed by atoms with Gasteiger partial charge in [-0.05, 0) is 51.0 Å². The van der Waals surface area contributed by atoms with Crippen molar-refractivity contribution in [2.24, 2.45) is 0 Å². The van der Waals surface area contributed by atoms with Gasteiger partial charge in [0, 0.05) is 11.6 Å². The summed E-state index contributed by atoms with van der Waals surface area (Å²) in [5.74, 6) is 1.31. The molecule has 0 fully saturated rings. The van der Waals surface area contributed by atoms with Gasteiger partial charge in [0.1, 0.15) is 0 Å². The maximum Gasteiger partial charge on any atom is 0.244 e. The van der Waals surface area contributed by atoms with Crippen LogP contribution < -0.4 is 14.8 Å². The standard InChI is InChI=1S/C20H31NO3/c1-6-7-8-9-14-24-17-12-10-16(15-18(17)23-5)11-13-19(22)21-20(2,3)4/h10-13,15H,6-9,14H2,1-5H3,(H,21,22)/b13-11+. The summed E-state index contributed by atoms with van der Waals surface area (Å²) in [4.78, 5) is 11.8. The van der Waals surface area contributed by atoms with Crippen LogP contribution in [0.2, 0.25) is 0 Å². The number of unbranched alkanes of at least 4 members (excludes halogenated alkanes) is 3. The molecule has 4 heteroatoms. The Hall–Kier alpha value is -1.97. The van der Waals surface area contributed by atoms with E-state index in [9.17, 15) is 4.79 Å². The van der Waals surface area contributed by atoms with Crippen LogP contribution in [-0.4, -0.2) is 25.2 Å². The quantitative estimate of drug-likeness (QED) is 0.531. The molecule has 0 radical (unpaired) electrons. The van der Waals surface area contributed by atoms with Gasteiger partial charge in [-0.25, -0.2) is 0 Å². The van der Waals surface area contributed by atoms with Gasteiger partial charge in [-0.2, -0.15) is 0 Å². The van der Waals surface area contributed by atoms with Gasteiger partial charge in [0.15, 0.2) is 11.5 Å². The van der Waals surface area contributed by atoms with E-state index in [0.29, 0.717) is 12.4 Å². The van der Waals surface area contributed by atoms with Gasteiger partial charge in [0.05, 0.1) is 13.7 Å². The summed E-state index contributed by atoms with van der Waals surface area (Å²) >= 11 is 0. The zero-order chi connectivity index (χ0) is 18.0. The van der Waals surface area contributed by atoms with E-state index < -0.39 is 0 Å². The summed E-state index contributed by atoms with van der Waals surface area (Å²) in [6.07, 6.45) is 7.99. The van der Waals surface area contributed by atoms with E-state index in [1.165, 1.54) is 25.3 Å². The van der Waals surface area contributed by atoms with Gasteiger partial charge in [0.2, 0.25) is 5.91 Å². The largest absolute Gasteiger partial charge is 0.493 e. The number of hydrogen-bond acceptors (Lipinski definition) is 3. The van der Waals surface area contributed by atoms with Gasteiger partial charge in [-0.3, -0.25) is 4.79 Å². The predicted octanol–water partition coefficient (Wildman–Crippen LogP) is 4.58. The number of benzene rings is 1. The van der Waals surface area contributed by atoms with Crippen LogP contribution in [0, 0.1) is 0 Å². The fourth-order valence-electron chi connectivity index (χ4n) is 2.20. The molecule has 0 unspecified atom stereocenters. The number of amides is 1. The van der Waals surface area contributed by atoms with E-state index in [4.69, 9.17) is 9.47 Å². The lowest BCUT2D eigenvalue weighted by atomic mass is 10.1. The zero-order valence-corrected chi connectivity index (χ0v) is 15.6. The monoisotopic (exact) mass is 333 g/mol. The minimum absolute atomic E-state index is 0.113. The number of carbonyl (C=O) groups is 1. The van der Waals surface area contributed by atoms with Crippen molar-refractivity contribution in [2.45, 2.75) is 58.9 Å². The highest BCUT2D eigenvalue weighted by molar-refractivity contribution is 5.92. The number of nitrogens with one attached hydrogen (secondary N) is 1. The molecule has 1 amide bonds. The van der Waals surface area contributed by atoms with E-state index in [0.717, 1.165) is 17.7 Å². The molecule has 0 bridgehead atoms. The number of methoxy groups -OCH3 is 1. The molecular formula is C20H31NO3. The van der Waals surface area contributed by atoms with Crippen LogP contribution in [-0.2, 0) is 4.79 Å². The number of rotatable bonds is 9. The van der Waals surface area contributed by atoms with Crippen molar-refractivity contribution in [3.8, 4) is 11.5 Å². The minimum Gasteiger partial charge on any atom is -0.493 e. The van der Waals surface area contributed by atoms with Crippen LogP contribution in [0.15, 0.2) is 24.3 Å². The molecule has 134 valence electrons. The molecule has 0 aromatic heterocycles. The molecular weight excluding hydrogens is 302 g/mol. The second-order valence-corrected chi connectivity index (χ2v) is 6.89. The van der Waals surface area contributed by atoms with Crippen LogP contribution in [0.25, 0.3) is 6.08 Å². The third kappa shape index (κ3) is 8.04. The first-order chi connectivity index (χ1) is 11.4. The van der Waals surface area contributed by atoms with Crippen LogP contribution >= 0.6 is 0 Å². The molecule has 1 rings (SSSR count). The lowest BCUT2D eigenvalue weighted by Gasteiger charge is -2.19. The van der Waals surface area contributed by atoms with Gasteiger partial charge in [0.25, 0.3) is 0 Å². The van der Waals surface area contributed by atoms with Crippen molar-refractivity contribution in [1.82, 2.24) is 5.32 Å². The molecule has 0 spiro atoms. The van der Waals surface area contributed by atoms with Crippen molar-refractivity contribution >= 4 is 12.0 Å². The number of ether oxygens (including phenoxy) is 2. The molecule has 0 aliphatic carbocycles. The summed E-state index contributed by atoms with van der Waals surface area (Å²) in [5, 5.41) is 2.89. The second-order valence-electron chi connectivity index (χ2n) is 6.89. The first-order valence-corrected chi connectivity index (χ1v) is 8.67. The third-order valence-corrected chi connectivity index (χ3v) is 3.37. The van der Waals surface area contributed by atoms with E-state index in [1.807, 2.05) is 39.0 Å². The van der Waals surface area contributed by atoms with Gasteiger partial charge in [-0.1, -0.05) is 32.3 Å². The van der Waals surface area contributed by atoms with Crippen molar-refractivity contribution in [2.75, 3.05) is 13.7 Å². The lowest BCUT2D eigenvalue weighted by molar-refractivity contribution is -0.117. The molecule has 0 saturated carbocycles. The highest BCUT2D eigenvalue weighted by Crippen LogP contribution is 2.28. The SMILES string of the molecule is CCCCCCOc1ccc(/C=C/C(=O)NC(C)(C)C)cc1OC. The Morgan fingerprint density at radius 3 is 2.54 bits per heavy atom. The van der Waals surface area contributed by atoms with Crippen molar-refractivity contribution in [1.29, 1.82) is 0 Å². The Bertz CT molecular complexity index is 544. The normalized spacial score (nSPS) is 11.5. The van der Waals surface area contributed by atoms with Gasteiger partial charge >= 0.3 is 0 Å². The van der Waals surface area contributed by atoms with Crippen molar-refractivity contribution in [3.63, 3.8) is 0 Å². The van der Waals surface area contributed by atoms with Crippen molar-refractivity contribution in [3.05, 3.63) is 29.8 Å². The number of carbonyl (C=O) groups excluding carboxylic acids is 1. The van der Waals surface area contributed by atoms with Crippen LogP contribution in [0.5, 0.6) is 11.5 Å². The molecule has 0 aliphatic heterocycles. The van der Waals surface area contributed by atoms with E-state index >= 15 is 0 Å². The minimum atomic E-state index is -0.241. The Morgan fingerprint density at radius 2 is 1.92 bits per heavy atom. The Morgan fingerprint density at radius 1 is 1.17 bits per heavy atom. The van der Waals surface area contributed by atoms with E-state index in [2.05, 4.69) is 12.2 Å². The highest BCUT2D eigenvalue weighted by Gasteiger charge is 2.11. The first kappa shape index (κ1) is 20.1. The molecule has 24 heavy (non-hydrogen) atoms. The topological polar surface area (TPSA) is 47.6 Å². The van der Waals surface area contributed by atoms with Crippen LogP contribution in [0.1, 0.15) is 58.9 Å². The van der Waals surface area contributed by atoms with Gasteiger partial charge in [-0.15, -0.1) is 0 Å². The van der Waals surface area contributed by atoms with Crippen LogP contribution in [0.3, 0.4) is 0 Å². The molecule has 1 N–H and O–H groups in total. The third-order valence-electron chi connectivity index (χ3n) is 3.37. The first-order valence-electron chi connectivity index (χ1n) is 8.67. The van der Waals surface area contributed by atoms with E-state index in [-0.39, 0.29) is 11.4 Å². The average molecular weight is 333 g/mol. The maximum absolute atomic E-state index is 11.8. The summed E-state index contributed by atoms with van der Waals surface area (Å²) in [7, 11) is 1.62. The molecule has 0 aliphatic rings. The number of hydrogen-bond donors (Lipinski definition) is 1. The fraction of sp³-hybridized carbons (Fsp3) is 0.550. The molecule has 1 aromatic rings. The molecule has 0 saturated heterocycles. The maximum atomic E-state index is 11.8. The lowest BCUT2D eigenvalue weighted by Crippen LogP contribution is -2.39. The van der Waals surface area contributed by atoms with Crippen molar-refractivity contribution < 1.29 is 14.3 Å². The van der Waals surface area contributed by atoms with Crippen LogP contribution in [0.4, 0.5) is 0 Å². The summed E-state index contributed by atoms with van der Waals surface area (Å²) in [6.45, 7) is 8.74. The zero-order valence-electron chi connectivity index (χ0n) is 15.6. The summed E-state index contributed by atoms with van der Waals surface area (Å²) in [6, 6.07) is 5.69. The second kappa shape index (κ2) is 10.0. The molecule has 1 aromatic carbocycles. The highest BCUT2D eigenvalue weighted by atomic mass is 16.5. The molecule has 4 nitrogen and oxygen atoms in total. The fourth-order valence-corrected chi connectivity index (χ4v) is 2.20. The Labute approximate surface area is 146 Å². The summed E-state index contributed by atoms with van der Waals surface area (Å²) in [5.41, 5.74) is 0.656. The Balaban J connectivity index is 2.64. The summed E-state index contributed by atoms with van der Waals surface area (Å²) < 4.78 is 11.2. The molecule has 0 heterocycles.